The normalized spacial score (nSPS) is 26.3. The van der Waals surface area contributed by atoms with Gasteiger partial charge in [-0.2, -0.15) is 0 Å². The Morgan fingerprint density at radius 1 is 0.640 bits per heavy atom. The smallest absolute Gasteiger partial charge is 0.251 e. The van der Waals surface area contributed by atoms with Gasteiger partial charge in [0.25, 0.3) is 5.91 Å². The number of rotatable bonds is 21. The van der Waals surface area contributed by atoms with Crippen molar-refractivity contribution < 1.29 is 88.6 Å². The Labute approximate surface area is 515 Å². The molecule has 3 heterocycles. The number of benzene rings is 4. The number of hydrogen-bond donors (Lipinski definition) is 14. The van der Waals surface area contributed by atoms with Gasteiger partial charge in [0.2, 0.25) is 35.4 Å². The molecule has 0 aromatic heterocycles. The second kappa shape index (κ2) is 32.2. The highest BCUT2D eigenvalue weighted by Gasteiger charge is 2.50. The van der Waals surface area contributed by atoms with Crippen LogP contribution in [0.3, 0.4) is 0 Å². The largest absolute Gasteiger partial charge is 0.508 e. The van der Waals surface area contributed by atoms with Crippen LogP contribution in [0.25, 0.3) is 22.3 Å². The summed E-state index contributed by atoms with van der Waals surface area (Å²) in [4.78, 5) is 104. The van der Waals surface area contributed by atoms with E-state index in [4.69, 9.17) is 14.2 Å². The van der Waals surface area contributed by atoms with E-state index in [-0.39, 0.29) is 49.8 Å². The summed E-state index contributed by atoms with van der Waals surface area (Å²) in [6, 6.07) is 15.2. The molecular weight excluding hydrogens is 1160 g/mol. The molecule has 15 atom stereocenters. The number of phenolic OH excluding ortho intramolecular Hbond substituents is 1. The second-order valence-corrected chi connectivity index (χ2v) is 22.9. The lowest BCUT2D eigenvalue weighted by Gasteiger charge is -2.34. The Hall–Kier alpha value is -7.63. The first-order chi connectivity index (χ1) is 42.5. The fourth-order valence-electron chi connectivity index (χ4n) is 11.0. The first-order valence-corrected chi connectivity index (χ1v) is 29.9. The number of methoxy groups -OCH3 is 1. The second-order valence-electron chi connectivity index (χ2n) is 22.9. The van der Waals surface area contributed by atoms with Crippen LogP contribution in [0.2, 0.25) is 0 Å². The monoisotopic (exact) mass is 1240 g/mol. The molecule has 0 radical (unpaired) electrons. The summed E-state index contributed by atoms with van der Waals surface area (Å²) in [5.74, 6) is -8.24. The average molecular weight is 1240 g/mol. The van der Waals surface area contributed by atoms with E-state index in [2.05, 4.69) is 38.8 Å². The Bertz CT molecular complexity index is 3010. The van der Waals surface area contributed by atoms with Gasteiger partial charge in [-0.1, -0.05) is 87.4 Å². The number of phenols is 1. The number of carbonyl (C=O) groups is 7. The molecule has 0 saturated carbocycles. The van der Waals surface area contributed by atoms with Crippen molar-refractivity contribution in [3.63, 3.8) is 0 Å². The lowest BCUT2D eigenvalue weighted by molar-refractivity contribution is -0.148. The van der Waals surface area contributed by atoms with E-state index in [9.17, 15) is 74.4 Å². The maximum absolute atomic E-state index is 14.8. The zero-order valence-electron chi connectivity index (χ0n) is 50.4. The fourth-order valence-corrected chi connectivity index (χ4v) is 11.0. The molecule has 4 aromatic rings. The van der Waals surface area contributed by atoms with Crippen LogP contribution in [0.4, 0.5) is 0 Å². The highest BCUT2D eigenvalue weighted by atomic mass is 16.5. The molecule has 3 saturated heterocycles. The van der Waals surface area contributed by atoms with Crippen molar-refractivity contribution in [2.45, 2.75) is 145 Å². The molecule has 7 rings (SSSR count). The molecule has 3 aliphatic rings. The zero-order chi connectivity index (χ0) is 64.6. The number of ether oxygens (including phenoxy) is 3. The molecule has 14 N–H and O–H groups in total. The van der Waals surface area contributed by atoms with Gasteiger partial charge < -0.3 is 91.4 Å². The van der Waals surface area contributed by atoms with Crippen molar-refractivity contribution in [3.05, 3.63) is 108 Å². The first-order valence-electron chi connectivity index (χ1n) is 29.9. The van der Waals surface area contributed by atoms with Crippen molar-refractivity contribution >= 4 is 41.4 Å². The molecule has 3 fully saturated rings. The van der Waals surface area contributed by atoms with Crippen LogP contribution >= 0.6 is 0 Å². The standard InChI is InChI=1S/C63H84N8O18/c1-6-7-8-26-89-45-23-19-40(20-24-45)38-11-9-37(10-12-38)39-13-15-42(16-14-39)57(80)65-46-31-48(76)56(64-25-27-88-29-28-87-5)69-61(84)52-53(77)34(2)32-71(52)63(86)50(36(4)73)67-60(83)51(55(79)54(78)41-17-21-43(74)22-18-41)68-59(82)47-30-44(75)33-70(47)62(85)49(35(3)72)66-58(46)81/h9-24,34-36,44,46-56,64,72-79H,6-8,25-33H2,1-5H3,(H,65,80)(H,66,81)(H,67,83)(H,68,82)(H,69,84)/t34-,35+,36+,44+,46+,47?,48+,49?,50?,51?,52?,53-,54-,55-,56?/m0/s1. The predicted molar refractivity (Wildman–Crippen MR) is 322 cm³/mol. The van der Waals surface area contributed by atoms with Crippen LogP contribution < -0.4 is 36.6 Å². The van der Waals surface area contributed by atoms with E-state index in [1.165, 1.54) is 50.4 Å². The molecule has 0 spiro atoms. The number of nitrogens with one attached hydrogen (secondary N) is 6. The number of aliphatic hydroxyl groups excluding tert-OH is 7. The summed E-state index contributed by atoms with van der Waals surface area (Å²) < 4.78 is 16.5. The lowest BCUT2D eigenvalue weighted by Crippen LogP contribution is -2.64. The van der Waals surface area contributed by atoms with E-state index in [1.54, 1.807) is 12.1 Å². The predicted octanol–water partition coefficient (Wildman–Crippen LogP) is -0.667. The number of nitrogens with zero attached hydrogens (tertiary/aromatic N) is 2. The summed E-state index contributed by atoms with van der Waals surface area (Å²) in [6.07, 6.45) is -12.4. The van der Waals surface area contributed by atoms with Gasteiger partial charge >= 0.3 is 0 Å². The topological polar surface area (TPSA) is 388 Å². The van der Waals surface area contributed by atoms with Crippen LogP contribution in [0.1, 0.15) is 81.8 Å². The third-order valence-electron chi connectivity index (χ3n) is 16.1. The van der Waals surface area contributed by atoms with Crippen LogP contribution in [0.5, 0.6) is 11.5 Å². The summed E-state index contributed by atoms with van der Waals surface area (Å²) >= 11 is 0. The zero-order valence-corrected chi connectivity index (χ0v) is 50.4. The molecule has 0 aliphatic carbocycles. The van der Waals surface area contributed by atoms with Crippen LogP contribution in [-0.4, -0.2) is 224 Å². The van der Waals surface area contributed by atoms with Gasteiger partial charge in [0.15, 0.2) is 0 Å². The summed E-state index contributed by atoms with van der Waals surface area (Å²) in [7, 11) is 1.47. The molecule has 4 aromatic carbocycles. The maximum atomic E-state index is 14.8. The van der Waals surface area contributed by atoms with E-state index in [0.717, 1.165) is 70.9 Å². The lowest BCUT2D eigenvalue weighted by atomic mass is 9.96. The highest BCUT2D eigenvalue weighted by molar-refractivity contribution is 6.00. The van der Waals surface area contributed by atoms with Gasteiger partial charge in [-0.15, -0.1) is 0 Å². The van der Waals surface area contributed by atoms with Crippen molar-refractivity contribution in [2.24, 2.45) is 5.92 Å². The van der Waals surface area contributed by atoms with Gasteiger partial charge in [0, 0.05) is 51.1 Å². The van der Waals surface area contributed by atoms with Gasteiger partial charge in [-0.25, -0.2) is 0 Å². The minimum absolute atomic E-state index is 0.0287. The van der Waals surface area contributed by atoms with E-state index in [1.807, 2.05) is 48.5 Å². The number of unbranched alkanes of at least 4 members (excludes halogenated alkanes) is 2. The number of hydrogen-bond acceptors (Lipinski definition) is 19. The Morgan fingerprint density at radius 2 is 1.20 bits per heavy atom. The molecule has 3 aliphatic heterocycles. The molecule has 89 heavy (non-hydrogen) atoms. The maximum Gasteiger partial charge on any atom is 0.251 e. The van der Waals surface area contributed by atoms with Crippen molar-refractivity contribution in [2.75, 3.05) is 53.2 Å². The molecule has 484 valence electrons. The Kier molecular flexibility index (Phi) is 24.9. The van der Waals surface area contributed by atoms with Crippen molar-refractivity contribution in [1.82, 2.24) is 41.7 Å². The van der Waals surface area contributed by atoms with Crippen molar-refractivity contribution in [3.8, 4) is 33.8 Å². The van der Waals surface area contributed by atoms with Crippen molar-refractivity contribution in [1.29, 1.82) is 0 Å². The highest BCUT2D eigenvalue weighted by Crippen LogP contribution is 2.30. The summed E-state index contributed by atoms with van der Waals surface area (Å²) in [6.45, 7) is 5.90. The van der Waals surface area contributed by atoms with Crippen LogP contribution in [-0.2, 0) is 38.2 Å². The van der Waals surface area contributed by atoms with Gasteiger partial charge in [0.05, 0.1) is 56.9 Å². The quantitative estimate of drug-likeness (QED) is 0.0460. The molecule has 26 heteroatoms. The summed E-state index contributed by atoms with van der Waals surface area (Å²) in [5.41, 5.74) is 3.46. The third-order valence-corrected chi connectivity index (χ3v) is 16.1. The minimum atomic E-state index is -2.29. The number of aliphatic hydroxyl groups is 7. The van der Waals surface area contributed by atoms with E-state index in [0.29, 0.717) is 6.61 Å². The SMILES string of the molecule is CCCCCOc1ccc(-c2ccc(-c3ccc(C(=O)N[C@@H]4C[C@@H](O)C(NCCOCCOC)NC(=O)C5[C@@H](O)[C@@H](C)CN5C(=O)C([C@@H](C)O)NC(=O)C([C@H](O)[C@@H](O)c5ccc(O)cc5)NC(=O)C5C[C@@H](O)CN5C(=O)C([C@@H](C)O)NC4=O)cc3)cc2)cc1. The number of fused-ring (bicyclic) bond motifs is 2. The third kappa shape index (κ3) is 17.8. The first kappa shape index (κ1) is 68.9. The minimum Gasteiger partial charge on any atom is -0.508 e. The fraction of sp³-hybridized carbons (Fsp3) is 0.508. The van der Waals surface area contributed by atoms with E-state index < -0.39 is 152 Å². The molecule has 26 nitrogen and oxygen atoms in total. The van der Waals surface area contributed by atoms with Gasteiger partial charge in [-0.3, -0.25) is 38.9 Å². The van der Waals surface area contributed by atoms with Gasteiger partial charge in [-0.05, 0) is 84.5 Å². The summed E-state index contributed by atoms with van der Waals surface area (Å²) in [5, 5.41) is 106. The molecular formula is C63H84N8O18. The Morgan fingerprint density at radius 3 is 1.79 bits per heavy atom. The molecule has 0 bridgehead atoms. The van der Waals surface area contributed by atoms with E-state index >= 15 is 0 Å². The number of aromatic hydroxyl groups is 1. The van der Waals surface area contributed by atoms with Crippen LogP contribution in [0.15, 0.2) is 97.1 Å². The Balaban J connectivity index is 1.23. The average Bonchev–Trinajstić information content (AvgIpc) is 1.91. The molecule has 7 amide bonds. The van der Waals surface area contributed by atoms with Gasteiger partial charge in [0.1, 0.15) is 66.1 Å². The number of carbonyl (C=O) groups excluding carboxylic acids is 7. The van der Waals surface area contributed by atoms with Crippen LogP contribution in [0, 0.1) is 5.92 Å². The molecule has 6 unspecified atom stereocenters. The number of amides is 7.